The summed E-state index contributed by atoms with van der Waals surface area (Å²) in [7, 11) is 6.03. The molecule has 10 heteroatoms. The van der Waals surface area contributed by atoms with E-state index in [1.54, 1.807) is 14.1 Å². The monoisotopic (exact) mass is 407 g/mol. The van der Waals surface area contributed by atoms with Gasteiger partial charge < -0.3 is 4.90 Å². The van der Waals surface area contributed by atoms with Crippen LogP contribution in [0.3, 0.4) is 0 Å². The zero-order valence-electron chi connectivity index (χ0n) is 17.0. The van der Waals surface area contributed by atoms with Gasteiger partial charge in [0.05, 0.1) is 0 Å². The SMILES string of the molecule is CCCCc1nc(S[C@@H](C(C)=O)C(=O)N(C)C)c2c(=O)n(C)c(=O)n(C)c2n1. The molecule has 0 N–H and O–H groups in total. The number of amides is 1. The van der Waals surface area contributed by atoms with Crippen molar-refractivity contribution < 1.29 is 9.59 Å². The molecule has 1 amide bonds. The summed E-state index contributed by atoms with van der Waals surface area (Å²) in [6.45, 7) is 3.36. The Kier molecular flexibility index (Phi) is 6.76. The Hall–Kier alpha value is -2.49. The van der Waals surface area contributed by atoms with E-state index >= 15 is 0 Å². The van der Waals surface area contributed by atoms with Crippen LogP contribution in [-0.2, 0) is 30.1 Å². The smallest absolute Gasteiger partial charge is 0.332 e. The van der Waals surface area contributed by atoms with Gasteiger partial charge in [-0.1, -0.05) is 25.1 Å². The van der Waals surface area contributed by atoms with Crippen molar-refractivity contribution in [2.45, 2.75) is 43.4 Å². The summed E-state index contributed by atoms with van der Waals surface area (Å²) in [5, 5.41) is -0.663. The second-order valence-corrected chi connectivity index (χ2v) is 7.89. The van der Waals surface area contributed by atoms with Crippen molar-refractivity contribution in [3.63, 3.8) is 0 Å². The maximum absolute atomic E-state index is 12.8. The first-order valence-corrected chi connectivity index (χ1v) is 9.83. The number of hydrogen-bond donors (Lipinski definition) is 0. The third-order valence-electron chi connectivity index (χ3n) is 4.33. The number of rotatable bonds is 7. The molecule has 9 nitrogen and oxygen atoms in total. The average Bonchev–Trinajstić information content (AvgIpc) is 2.65. The van der Waals surface area contributed by atoms with Crippen molar-refractivity contribution >= 4 is 34.5 Å². The minimum Gasteiger partial charge on any atom is -0.347 e. The van der Waals surface area contributed by atoms with E-state index in [0.29, 0.717) is 12.2 Å². The van der Waals surface area contributed by atoms with E-state index in [2.05, 4.69) is 9.97 Å². The molecule has 0 saturated heterocycles. The largest absolute Gasteiger partial charge is 0.347 e. The maximum atomic E-state index is 12.8. The van der Waals surface area contributed by atoms with E-state index in [-0.39, 0.29) is 27.7 Å². The summed E-state index contributed by atoms with van der Waals surface area (Å²) in [6.07, 6.45) is 2.32. The van der Waals surface area contributed by atoms with Gasteiger partial charge in [0.2, 0.25) is 5.91 Å². The molecule has 0 radical (unpaired) electrons. The number of ketones is 1. The van der Waals surface area contributed by atoms with E-state index in [4.69, 9.17) is 0 Å². The molecule has 0 aliphatic heterocycles. The standard InChI is InChI=1S/C18H25N5O4S/c1-7-8-9-11-19-14-12(16(25)23(6)18(27)22(14)5)15(20-11)28-13(10(2)24)17(26)21(3)4/h13H,7-9H2,1-6H3/t13-/m0/s1. The van der Waals surface area contributed by atoms with Gasteiger partial charge in [0.25, 0.3) is 5.56 Å². The van der Waals surface area contributed by atoms with Crippen molar-refractivity contribution in [1.82, 2.24) is 24.0 Å². The number of nitrogens with zero attached hydrogens (tertiary/aromatic N) is 5. The molecule has 28 heavy (non-hydrogen) atoms. The highest BCUT2D eigenvalue weighted by atomic mass is 32.2. The Bertz CT molecular complexity index is 1040. The summed E-state index contributed by atoms with van der Waals surface area (Å²) in [6, 6.07) is 0. The topological polar surface area (TPSA) is 107 Å². The molecule has 0 aliphatic rings. The van der Waals surface area contributed by atoms with Crippen LogP contribution < -0.4 is 11.2 Å². The lowest BCUT2D eigenvalue weighted by atomic mass is 10.2. The fraction of sp³-hybridized carbons (Fsp3) is 0.556. The number of Topliss-reactive ketones (excluding diaryl/α,β-unsaturated/α-hetero) is 1. The Morgan fingerprint density at radius 2 is 1.79 bits per heavy atom. The van der Waals surface area contributed by atoms with E-state index in [9.17, 15) is 19.2 Å². The van der Waals surface area contributed by atoms with E-state index in [1.807, 2.05) is 6.92 Å². The first-order chi connectivity index (χ1) is 13.1. The lowest BCUT2D eigenvalue weighted by Crippen LogP contribution is -2.38. The third-order valence-corrected chi connectivity index (χ3v) is 5.62. The van der Waals surface area contributed by atoms with Gasteiger partial charge in [0, 0.05) is 34.6 Å². The molecule has 0 saturated carbocycles. The molecule has 2 heterocycles. The van der Waals surface area contributed by atoms with Gasteiger partial charge in [-0.2, -0.15) is 0 Å². The molecule has 2 aromatic heterocycles. The molecule has 0 unspecified atom stereocenters. The van der Waals surface area contributed by atoms with Crippen LogP contribution in [0.5, 0.6) is 0 Å². The number of fused-ring (bicyclic) bond motifs is 1. The van der Waals surface area contributed by atoms with E-state index < -0.39 is 16.5 Å². The Labute approximate surface area is 166 Å². The predicted molar refractivity (Wildman–Crippen MR) is 108 cm³/mol. The summed E-state index contributed by atoms with van der Waals surface area (Å²) in [5.74, 6) is -0.257. The number of aromatic nitrogens is 4. The van der Waals surface area contributed by atoms with Crippen molar-refractivity contribution in [1.29, 1.82) is 0 Å². The molecule has 0 bridgehead atoms. The van der Waals surface area contributed by atoms with Crippen LogP contribution in [0.25, 0.3) is 11.0 Å². The van der Waals surface area contributed by atoms with Gasteiger partial charge in [0.1, 0.15) is 21.5 Å². The molecular weight excluding hydrogens is 382 g/mol. The summed E-state index contributed by atoms with van der Waals surface area (Å²) >= 11 is 0.927. The zero-order chi connectivity index (χ0) is 21.2. The van der Waals surface area contributed by atoms with E-state index in [1.165, 1.54) is 30.5 Å². The van der Waals surface area contributed by atoms with Crippen LogP contribution in [0.15, 0.2) is 14.6 Å². The molecule has 2 rings (SSSR count). The minimum absolute atomic E-state index is 0.132. The van der Waals surface area contributed by atoms with Gasteiger partial charge in [-0.15, -0.1) is 0 Å². The van der Waals surface area contributed by atoms with Crippen molar-refractivity contribution in [2.24, 2.45) is 14.1 Å². The van der Waals surface area contributed by atoms with Gasteiger partial charge in [-0.05, 0) is 13.3 Å². The molecule has 0 fully saturated rings. The highest BCUT2D eigenvalue weighted by Crippen LogP contribution is 2.28. The predicted octanol–water partition coefficient (Wildman–Crippen LogP) is 0.508. The summed E-state index contributed by atoms with van der Waals surface area (Å²) in [5.41, 5.74) is -0.848. The molecule has 0 spiro atoms. The second-order valence-electron chi connectivity index (χ2n) is 6.79. The molecule has 0 aliphatic carbocycles. The molecule has 152 valence electrons. The van der Waals surface area contributed by atoms with Crippen LogP contribution in [0, 0.1) is 0 Å². The van der Waals surface area contributed by atoms with Crippen LogP contribution in [0.1, 0.15) is 32.5 Å². The highest BCUT2D eigenvalue weighted by molar-refractivity contribution is 8.01. The lowest BCUT2D eigenvalue weighted by Gasteiger charge is -2.18. The first kappa shape index (κ1) is 21.8. The van der Waals surface area contributed by atoms with Gasteiger partial charge >= 0.3 is 5.69 Å². The average molecular weight is 407 g/mol. The fourth-order valence-corrected chi connectivity index (χ4v) is 3.81. The normalized spacial score (nSPS) is 12.2. The molecule has 1 atom stereocenters. The van der Waals surface area contributed by atoms with E-state index in [0.717, 1.165) is 29.2 Å². The number of thioether (sulfide) groups is 1. The zero-order valence-corrected chi connectivity index (χ0v) is 17.8. The second kappa shape index (κ2) is 8.68. The van der Waals surface area contributed by atoms with Crippen LogP contribution in [0.4, 0.5) is 0 Å². The quantitative estimate of drug-likeness (QED) is 0.374. The number of unbranched alkanes of at least 4 members (excludes halogenated alkanes) is 1. The van der Waals surface area contributed by atoms with Gasteiger partial charge in [-0.3, -0.25) is 23.5 Å². The molecule has 2 aromatic rings. The number of hydrogen-bond acceptors (Lipinski definition) is 7. The minimum atomic E-state index is -1.03. The Balaban J connectivity index is 2.78. The first-order valence-electron chi connectivity index (χ1n) is 8.95. The molecular formula is C18H25N5O4S. The van der Waals surface area contributed by atoms with Crippen molar-refractivity contribution in [2.75, 3.05) is 14.1 Å². The summed E-state index contributed by atoms with van der Waals surface area (Å²) < 4.78 is 2.26. The van der Waals surface area contributed by atoms with Crippen LogP contribution in [0.2, 0.25) is 0 Å². The number of carbonyl (C=O) groups is 2. The van der Waals surface area contributed by atoms with Crippen LogP contribution in [-0.4, -0.2) is 55.0 Å². The third kappa shape index (κ3) is 4.16. The molecule has 0 aromatic carbocycles. The van der Waals surface area contributed by atoms with Crippen LogP contribution >= 0.6 is 11.8 Å². The van der Waals surface area contributed by atoms with Gasteiger partial charge in [-0.25, -0.2) is 14.8 Å². The Morgan fingerprint density at radius 3 is 2.32 bits per heavy atom. The summed E-state index contributed by atoms with van der Waals surface area (Å²) in [4.78, 5) is 59.9. The van der Waals surface area contributed by atoms with Gasteiger partial charge in [0.15, 0.2) is 11.4 Å². The maximum Gasteiger partial charge on any atom is 0.332 e. The Morgan fingerprint density at radius 1 is 1.14 bits per heavy atom. The fourth-order valence-electron chi connectivity index (χ4n) is 2.66. The van der Waals surface area contributed by atoms with Crippen molar-refractivity contribution in [3.05, 3.63) is 26.7 Å². The van der Waals surface area contributed by atoms with Crippen molar-refractivity contribution in [3.8, 4) is 0 Å². The number of carbonyl (C=O) groups excluding carboxylic acids is 2. The number of aryl methyl sites for hydroxylation is 2. The highest BCUT2D eigenvalue weighted by Gasteiger charge is 2.29. The lowest BCUT2D eigenvalue weighted by molar-refractivity contribution is -0.132.